The Labute approximate surface area is 81.7 Å². The fourth-order valence-corrected chi connectivity index (χ4v) is 1.69. The minimum absolute atomic E-state index is 0.680. The lowest BCUT2D eigenvalue weighted by molar-refractivity contribution is 0.971. The molecule has 0 radical (unpaired) electrons. The van der Waals surface area contributed by atoms with Crippen LogP contribution in [0.1, 0.15) is 5.56 Å². The molecule has 2 nitrogen and oxygen atoms in total. The van der Waals surface area contributed by atoms with Gasteiger partial charge in [-0.25, -0.2) is 0 Å². The van der Waals surface area contributed by atoms with E-state index in [1.54, 1.807) is 0 Å². The Morgan fingerprint density at radius 1 is 1.31 bits per heavy atom. The Morgan fingerprint density at radius 3 is 2.92 bits per heavy atom. The summed E-state index contributed by atoms with van der Waals surface area (Å²) in [5.74, 6) is 0. The Hall–Kier alpha value is -0.990. The molecular weight excluding hydrogens is 184 g/mol. The molecule has 0 spiro atoms. The molecule has 0 aliphatic rings. The van der Waals surface area contributed by atoms with Crippen LogP contribution < -0.4 is 5.73 Å². The van der Waals surface area contributed by atoms with Gasteiger partial charge in [-0.15, -0.1) is 0 Å². The molecule has 0 fully saturated rings. The number of aromatic nitrogens is 1. The maximum Gasteiger partial charge on any atom is 0.107 e. The van der Waals surface area contributed by atoms with Crippen molar-refractivity contribution in [3.05, 3.63) is 35.0 Å². The topological polar surface area (TPSA) is 41.8 Å². The van der Waals surface area contributed by atoms with Crippen LogP contribution in [0.5, 0.6) is 0 Å². The van der Waals surface area contributed by atoms with Crippen LogP contribution in [0, 0.1) is 0 Å². The summed E-state index contributed by atoms with van der Waals surface area (Å²) >= 11 is 5.83. The first kappa shape index (κ1) is 8.60. The number of H-pyrrole nitrogens is 1. The second-order valence-corrected chi connectivity index (χ2v) is 3.48. The summed E-state index contributed by atoms with van der Waals surface area (Å²) in [7, 11) is 0. The highest BCUT2D eigenvalue weighted by Gasteiger charge is 1.99. The van der Waals surface area contributed by atoms with Gasteiger partial charge in [0.1, 0.15) is 5.15 Å². The highest BCUT2D eigenvalue weighted by Crippen LogP contribution is 2.19. The van der Waals surface area contributed by atoms with Crippen molar-refractivity contribution in [2.45, 2.75) is 6.42 Å². The van der Waals surface area contributed by atoms with Crippen molar-refractivity contribution in [1.82, 2.24) is 4.98 Å². The van der Waals surface area contributed by atoms with E-state index in [1.165, 1.54) is 5.56 Å². The van der Waals surface area contributed by atoms with Crippen LogP contribution in [0.15, 0.2) is 24.3 Å². The van der Waals surface area contributed by atoms with E-state index in [1.807, 2.05) is 12.1 Å². The van der Waals surface area contributed by atoms with Crippen LogP contribution in [-0.2, 0) is 6.42 Å². The minimum atomic E-state index is 0.680. The first-order valence-electron chi connectivity index (χ1n) is 4.27. The molecule has 3 N–H and O–H groups in total. The van der Waals surface area contributed by atoms with Crippen LogP contribution in [-0.4, -0.2) is 11.5 Å². The Kier molecular flexibility index (Phi) is 2.25. The van der Waals surface area contributed by atoms with Gasteiger partial charge in [-0.3, -0.25) is 0 Å². The normalized spacial score (nSPS) is 10.9. The van der Waals surface area contributed by atoms with Gasteiger partial charge in [0.05, 0.1) is 0 Å². The van der Waals surface area contributed by atoms with Gasteiger partial charge in [0.15, 0.2) is 0 Å². The standard InChI is InChI=1S/C10H11ClN2/c11-10-6-8-5-7(3-4-12)1-2-9(8)13-10/h1-2,5-6,13H,3-4,12H2. The molecule has 0 saturated heterocycles. The molecule has 1 aromatic carbocycles. The van der Waals surface area contributed by atoms with Crippen LogP contribution in [0.4, 0.5) is 0 Å². The average molecular weight is 195 g/mol. The second-order valence-electron chi connectivity index (χ2n) is 3.08. The third kappa shape index (κ3) is 1.69. The van der Waals surface area contributed by atoms with Gasteiger partial charge in [0.2, 0.25) is 0 Å². The van der Waals surface area contributed by atoms with Gasteiger partial charge in [0.25, 0.3) is 0 Å². The number of nitrogens with two attached hydrogens (primary N) is 1. The van der Waals surface area contributed by atoms with Crippen LogP contribution in [0.25, 0.3) is 10.9 Å². The fourth-order valence-electron chi connectivity index (χ4n) is 1.47. The number of rotatable bonds is 2. The highest BCUT2D eigenvalue weighted by atomic mass is 35.5. The summed E-state index contributed by atoms with van der Waals surface area (Å²) in [5.41, 5.74) is 7.81. The molecule has 1 heterocycles. The number of halogens is 1. The molecule has 2 aromatic rings. The summed E-state index contributed by atoms with van der Waals surface area (Å²) in [4.78, 5) is 3.06. The predicted molar refractivity (Wildman–Crippen MR) is 56.1 cm³/mol. The van der Waals surface area contributed by atoms with Crippen molar-refractivity contribution >= 4 is 22.5 Å². The van der Waals surface area contributed by atoms with Gasteiger partial charge in [-0.1, -0.05) is 17.7 Å². The maximum atomic E-state index is 5.83. The van der Waals surface area contributed by atoms with Crippen molar-refractivity contribution in [2.24, 2.45) is 5.73 Å². The Balaban J connectivity index is 2.48. The predicted octanol–water partition coefficient (Wildman–Crippen LogP) is 2.32. The molecule has 3 heteroatoms. The van der Waals surface area contributed by atoms with E-state index < -0.39 is 0 Å². The molecule has 0 atom stereocenters. The van der Waals surface area contributed by atoms with Crippen LogP contribution >= 0.6 is 11.6 Å². The first-order valence-corrected chi connectivity index (χ1v) is 4.64. The SMILES string of the molecule is NCCc1ccc2[nH]c(Cl)cc2c1. The van der Waals surface area contributed by atoms with E-state index in [9.17, 15) is 0 Å². The quantitative estimate of drug-likeness (QED) is 0.757. The van der Waals surface area contributed by atoms with E-state index in [0.717, 1.165) is 17.3 Å². The lowest BCUT2D eigenvalue weighted by Crippen LogP contribution is -2.02. The summed E-state index contributed by atoms with van der Waals surface area (Å²) in [6, 6.07) is 8.15. The zero-order valence-corrected chi connectivity index (χ0v) is 7.93. The zero-order valence-electron chi connectivity index (χ0n) is 7.18. The number of benzene rings is 1. The zero-order chi connectivity index (χ0) is 9.26. The summed E-state index contributed by atoms with van der Waals surface area (Å²) in [6.07, 6.45) is 0.915. The minimum Gasteiger partial charge on any atom is -0.346 e. The van der Waals surface area contributed by atoms with Gasteiger partial charge < -0.3 is 10.7 Å². The van der Waals surface area contributed by atoms with Gasteiger partial charge in [0, 0.05) is 10.9 Å². The lowest BCUT2D eigenvalue weighted by Gasteiger charge is -1.97. The van der Waals surface area contributed by atoms with Crippen LogP contribution in [0.3, 0.4) is 0 Å². The molecule has 68 valence electrons. The van der Waals surface area contributed by atoms with E-state index in [0.29, 0.717) is 11.7 Å². The van der Waals surface area contributed by atoms with Gasteiger partial charge >= 0.3 is 0 Å². The van der Waals surface area contributed by atoms with Gasteiger partial charge in [-0.2, -0.15) is 0 Å². The smallest absolute Gasteiger partial charge is 0.107 e. The Bertz CT molecular complexity index is 420. The molecule has 13 heavy (non-hydrogen) atoms. The fraction of sp³-hybridized carbons (Fsp3) is 0.200. The average Bonchev–Trinajstić information content (AvgIpc) is 2.44. The summed E-state index contributed by atoms with van der Waals surface area (Å²) < 4.78 is 0. The number of fused-ring (bicyclic) bond motifs is 1. The molecule has 0 unspecified atom stereocenters. The molecule has 0 saturated carbocycles. The highest BCUT2D eigenvalue weighted by molar-refractivity contribution is 6.30. The van der Waals surface area contributed by atoms with Crippen molar-refractivity contribution < 1.29 is 0 Å². The summed E-state index contributed by atoms with van der Waals surface area (Å²) in [5, 5.41) is 1.83. The molecule has 2 rings (SSSR count). The molecule has 0 aliphatic heterocycles. The molecule has 0 bridgehead atoms. The van der Waals surface area contributed by atoms with Crippen molar-refractivity contribution in [3.8, 4) is 0 Å². The van der Waals surface area contributed by atoms with Crippen molar-refractivity contribution in [3.63, 3.8) is 0 Å². The molecular formula is C10H11ClN2. The largest absolute Gasteiger partial charge is 0.346 e. The summed E-state index contributed by atoms with van der Waals surface area (Å²) in [6.45, 7) is 0.684. The molecule has 0 amide bonds. The third-order valence-electron chi connectivity index (χ3n) is 2.09. The monoisotopic (exact) mass is 194 g/mol. The Morgan fingerprint density at radius 2 is 2.15 bits per heavy atom. The maximum absolute atomic E-state index is 5.83. The number of hydrogen-bond acceptors (Lipinski definition) is 1. The van der Waals surface area contributed by atoms with E-state index in [-0.39, 0.29) is 0 Å². The number of nitrogens with one attached hydrogen (secondary N) is 1. The lowest BCUT2D eigenvalue weighted by atomic mass is 10.1. The first-order chi connectivity index (χ1) is 6.29. The van der Waals surface area contributed by atoms with E-state index in [2.05, 4.69) is 17.1 Å². The van der Waals surface area contributed by atoms with Crippen LogP contribution in [0.2, 0.25) is 5.15 Å². The number of aromatic amines is 1. The number of hydrogen-bond donors (Lipinski definition) is 2. The van der Waals surface area contributed by atoms with E-state index >= 15 is 0 Å². The van der Waals surface area contributed by atoms with Gasteiger partial charge in [-0.05, 0) is 36.7 Å². The van der Waals surface area contributed by atoms with Crippen molar-refractivity contribution in [1.29, 1.82) is 0 Å². The van der Waals surface area contributed by atoms with E-state index in [4.69, 9.17) is 17.3 Å². The second kappa shape index (κ2) is 3.40. The molecule has 0 aliphatic carbocycles. The third-order valence-corrected chi connectivity index (χ3v) is 2.29. The van der Waals surface area contributed by atoms with Crippen molar-refractivity contribution in [2.75, 3.05) is 6.54 Å². The molecule has 1 aromatic heterocycles.